The molecule has 1 aromatic carbocycles. The van der Waals surface area contributed by atoms with Gasteiger partial charge < -0.3 is 4.74 Å². The third-order valence-electron chi connectivity index (χ3n) is 3.21. The van der Waals surface area contributed by atoms with Crippen LogP contribution in [0.5, 0.6) is 5.75 Å². The zero-order valence-corrected chi connectivity index (χ0v) is 12.0. The number of aryl methyl sites for hydroxylation is 2. The molecule has 0 radical (unpaired) electrons. The van der Waals surface area contributed by atoms with E-state index in [9.17, 15) is 0 Å². The fraction of sp³-hybridized carbons (Fsp3) is 0.467. The van der Waals surface area contributed by atoms with Gasteiger partial charge in [0.1, 0.15) is 5.75 Å². The molecule has 0 saturated carbocycles. The normalized spacial score (nSPS) is 11.6. The first-order chi connectivity index (χ1) is 9.00. The number of nitrogens with zero attached hydrogens (tertiary/aromatic N) is 2. The van der Waals surface area contributed by atoms with Gasteiger partial charge in [-0.05, 0) is 35.4 Å². The molecular weight excluding hydrogens is 238 g/mol. The van der Waals surface area contributed by atoms with E-state index in [1.807, 2.05) is 0 Å². The highest BCUT2D eigenvalue weighted by molar-refractivity contribution is 5.41. The van der Waals surface area contributed by atoms with Crippen molar-refractivity contribution in [3.05, 3.63) is 41.2 Å². The molecule has 1 N–H and O–H groups in total. The molecule has 4 nitrogen and oxygen atoms in total. The van der Waals surface area contributed by atoms with Crippen LogP contribution in [-0.4, -0.2) is 22.5 Å². The van der Waals surface area contributed by atoms with Gasteiger partial charge in [-0.25, -0.2) is 0 Å². The Bertz CT molecular complexity index is 527. The third kappa shape index (κ3) is 3.34. The Labute approximate surface area is 114 Å². The minimum Gasteiger partial charge on any atom is -0.496 e. The number of benzene rings is 1. The van der Waals surface area contributed by atoms with Crippen molar-refractivity contribution in [2.75, 3.05) is 7.11 Å². The zero-order valence-electron chi connectivity index (χ0n) is 12.0. The molecule has 0 bridgehead atoms. The van der Waals surface area contributed by atoms with Gasteiger partial charge in [0.05, 0.1) is 19.0 Å². The summed E-state index contributed by atoms with van der Waals surface area (Å²) in [5, 5.41) is 10.5. The molecule has 0 amide bonds. The summed E-state index contributed by atoms with van der Waals surface area (Å²) >= 11 is 0. The first-order valence-corrected chi connectivity index (χ1v) is 6.53. The molecule has 2 aromatic rings. The summed E-state index contributed by atoms with van der Waals surface area (Å²) in [4.78, 5) is 0. The number of methoxy groups -OCH3 is 1. The lowest BCUT2D eigenvalue weighted by Gasteiger charge is -2.23. The first-order valence-electron chi connectivity index (χ1n) is 6.53. The van der Waals surface area contributed by atoms with Gasteiger partial charge in [0.2, 0.25) is 0 Å². The van der Waals surface area contributed by atoms with Gasteiger partial charge in [-0.15, -0.1) is 0 Å². The lowest BCUT2D eigenvalue weighted by Crippen LogP contribution is -2.13. The highest BCUT2D eigenvalue weighted by atomic mass is 16.5. The summed E-state index contributed by atoms with van der Waals surface area (Å²) < 4.78 is 5.45. The lowest BCUT2D eigenvalue weighted by molar-refractivity contribution is 0.397. The van der Waals surface area contributed by atoms with Crippen molar-refractivity contribution in [3.8, 4) is 5.75 Å². The van der Waals surface area contributed by atoms with E-state index >= 15 is 0 Å². The number of aromatic nitrogens is 3. The van der Waals surface area contributed by atoms with E-state index in [0.29, 0.717) is 0 Å². The maximum absolute atomic E-state index is 5.45. The largest absolute Gasteiger partial charge is 0.496 e. The Kier molecular flexibility index (Phi) is 3.88. The van der Waals surface area contributed by atoms with E-state index in [4.69, 9.17) is 4.74 Å². The molecule has 102 valence electrons. The number of ether oxygens (including phenoxy) is 1. The molecule has 19 heavy (non-hydrogen) atoms. The SMILES string of the molecule is COc1ccc(CCc2cn[nH]n2)cc1C(C)(C)C. The number of rotatable bonds is 4. The van der Waals surface area contributed by atoms with Crippen LogP contribution in [0.1, 0.15) is 37.6 Å². The highest BCUT2D eigenvalue weighted by Crippen LogP contribution is 2.32. The monoisotopic (exact) mass is 259 g/mol. The standard InChI is InChI=1S/C15H21N3O/c1-15(2,3)13-9-11(6-8-14(13)19-4)5-7-12-10-16-18-17-12/h6,8-10H,5,7H2,1-4H3,(H,16,17,18). The van der Waals surface area contributed by atoms with Crippen LogP contribution in [0.3, 0.4) is 0 Å². The quantitative estimate of drug-likeness (QED) is 0.918. The molecule has 0 aliphatic heterocycles. The summed E-state index contributed by atoms with van der Waals surface area (Å²) in [6.45, 7) is 6.60. The second-order valence-electron chi connectivity index (χ2n) is 5.75. The zero-order chi connectivity index (χ0) is 13.9. The minimum absolute atomic E-state index is 0.0786. The Morgan fingerprint density at radius 2 is 2.00 bits per heavy atom. The Morgan fingerprint density at radius 1 is 1.21 bits per heavy atom. The summed E-state index contributed by atoms with van der Waals surface area (Å²) in [6.07, 6.45) is 3.63. The van der Waals surface area contributed by atoms with Crippen LogP contribution in [0.25, 0.3) is 0 Å². The Balaban J connectivity index is 2.18. The summed E-state index contributed by atoms with van der Waals surface area (Å²) in [7, 11) is 1.72. The van der Waals surface area contributed by atoms with Crippen LogP contribution in [0.2, 0.25) is 0 Å². The van der Waals surface area contributed by atoms with Gasteiger partial charge >= 0.3 is 0 Å². The van der Waals surface area contributed by atoms with Gasteiger partial charge in [-0.2, -0.15) is 15.4 Å². The highest BCUT2D eigenvalue weighted by Gasteiger charge is 2.19. The van der Waals surface area contributed by atoms with Crippen LogP contribution in [-0.2, 0) is 18.3 Å². The average molecular weight is 259 g/mol. The van der Waals surface area contributed by atoms with Crippen molar-refractivity contribution in [2.24, 2.45) is 0 Å². The van der Waals surface area contributed by atoms with Crippen LogP contribution >= 0.6 is 0 Å². The van der Waals surface area contributed by atoms with E-state index in [-0.39, 0.29) is 5.41 Å². The average Bonchev–Trinajstić information content (AvgIpc) is 2.88. The summed E-state index contributed by atoms with van der Waals surface area (Å²) in [5.74, 6) is 0.956. The topological polar surface area (TPSA) is 50.8 Å². The molecule has 0 aliphatic rings. The van der Waals surface area contributed by atoms with Crippen LogP contribution in [0.4, 0.5) is 0 Å². The van der Waals surface area contributed by atoms with E-state index in [1.54, 1.807) is 13.3 Å². The maximum Gasteiger partial charge on any atom is 0.122 e. The van der Waals surface area contributed by atoms with E-state index in [2.05, 4.69) is 54.4 Å². The molecule has 0 saturated heterocycles. The predicted octanol–water partition coefficient (Wildman–Crippen LogP) is 2.90. The van der Waals surface area contributed by atoms with Crippen LogP contribution in [0.15, 0.2) is 24.4 Å². The second kappa shape index (κ2) is 5.43. The van der Waals surface area contributed by atoms with E-state index < -0.39 is 0 Å². The third-order valence-corrected chi connectivity index (χ3v) is 3.21. The van der Waals surface area contributed by atoms with E-state index in [1.165, 1.54) is 11.1 Å². The van der Waals surface area contributed by atoms with Gasteiger partial charge in [-0.1, -0.05) is 32.9 Å². The molecule has 1 aromatic heterocycles. The molecule has 0 atom stereocenters. The van der Waals surface area contributed by atoms with Crippen molar-refractivity contribution < 1.29 is 4.74 Å². The molecule has 4 heteroatoms. The van der Waals surface area contributed by atoms with Crippen molar-refractivity contribution >= 4 is 0 Å². The van der Waals surface area contributed by atoms with Gasteiger partial charge in [0, 0.05) is 0 Å². The van der Waals surface area contributed by atoms with Gasteiger partial charge in [-0.3, -0.25) is 0 Å². The van der Waals surface area contributed by atoms with Crippen molar-refractivity contribution in [2.45, 2.75) is 39.0 Å². The smallest absolute Gasteiger partial charge is 0.122 e. The van der Waals surface area contributed by atoms with Crippen molar-refractivity contribution in [3.63, 3.8) is 0 Å². The molecular formula is C15H21N3O. The fourth-order valence-corrected chi connectivity index (χ4v) is 2.11. The number of aromatic amines is 1. The molecule has 2 rings (SSSR count). The molecule has 0 unspecified atom stereocenters. The van der Waals surface area contributed by atoms with Gasteiger partial charge in [0.25, 0.3) is 0 Å². The summed E-state index contributed by atoms with van der Waals surface area (Å²) in [5.41, 5.74) is 3.62. The number of hydrogen-bond donors (Lipinski definition) is 1. The van der Waals surface area contributed by atoms with Crippen molar-refractivity contribution in [1.29, 1.82) is 0 Å². The van der Waals surface area contributed by atoms with Gasteiger partial charge in [0.15, 0.2) is 0 Å². The minimum atomic E-state index is 0.0786. The Morgan fingerprint density at radius 3 is 2.58 bits per heavy atom. The Hall–Kier alpha value is -1.84. The second-order valence-corrected chi connectivity index (χ2v) is 5.75. The molecule has 0 aliphatic carbocycles. The lowest BCUT2D eigenvalue weighted by atomic mass is 9.85. The van der Waals surface area contributed by atoms with Crippen molar-refractivity contribution in [1.82, 2.24) is 15.4 Å². The maximum atomic E-state index is 5.45. The number of hydrogen-bond acceptors (Lipinski definition) is 3. The number of nitrogens with one attached hydrogen (secondary N) is 1. The van der Waals surface area contributed by atoms with E-state index in [0.717, 1.165) is 24.3 Å². The van der Waals surface area contributed by atoms with Crippen LogP contribution in [0, 0.1) is 0 Å². The molecule has 1 heterocycles. The molecule has 0 spiro atoms. The van der Waals surface area contributed by atoms with Crippen LogP contribution < -0.4 is 4.74 Å². The number of H-pyrrole nitrogens is 1. The first kappa shape index (κ1) is 13.6. The molecule has 0 fully saturated rings. The predicted molar refractivity (Wildman–Crippen MR) is 75.5 cm³/mol. The fourth-order valence-electron chi connectivity index (χ4n) is 2.11. The summed E-state index contributed by atoms with van der Waals surface area (Å²) in [6, 6.07) is 6.41.